The molecular weight excluding hydrogens is 324 g/mol. The summed E-state index contributed by atoms with van der Waals surface area (Å²) in [6, 6.07) is 0.849. The standard InChI is InChI=1S/C18H35BrN2/c1-3-9-18(15-19,10-4-2)16-20-13-8-17(14-20)21-11-6-5-7-12-21/h17H,3-16H2,1-2H3. The molecule has 0 spiro atoms. The Morgan fingerprint density at radius 3 is 2.24 bits per heavy atom. The molecule has 0 aromatic heterocycles. The number of nitrogens with zero attached hydrogens (tertiary/aromatic N) is 2. The molecule has 3 heteroatoms. The highest BCUT2D eigenvalue weighted by Crippen LogP contribution is 2.34. The summed E-state index contributed by atoms with van der Waals surface area (Å²) in [6.45, 7) is 11.3. The molecular formula is C18H35BrN2. The molecule has 0 aromatic carbocycles. The fraction of sp³-hybridized carbons (Fsp3) is 1.00. The van der Waals surface area contributed by atoms with E-state index in [-0.39, 0.29) is 0 Å². The number of halogens is 1. The van der Waals surface area contributed by atoms with E-state index in [1.54, 1.807) is 0 Å². The number of piperidine rings is 1. The van der Waals surface area contributed by atoms with Crippen LogP contribution in [0.3, 0.4) is 0 Å². The summed E-state index contributed by atoms with van der Waals surface area (Å²) in [6.07, 6.45) is 11.1. The average molecular weight is 359 g/mol. The summed E-state index contributed by atoms with van der Waals surface area (Å²) in [4.78, 5) is 5.55. The van der Waals surface area contributed by atoms with Crippen molar-refractivity contribution < 1.29 is 0 Å². The molecule has 1 atom stereocenters. The quantitative estimate of drug-likeness (QED) is 0.588. The van der Waals surface area contributed by atoms with E-state index in [0.717, 1.165) is 6.04 Å². The van der Waals surface area contributed by atoms with E-state index in [9.17, 15) is 0 Å². The van der Waals surface area contributed by atoms with Gasteiger partial charge in [0.1, 0.15) is 0 Å². The number of hydrogen-bond donors (Lipinski definition) is 0. The van der Waals surface area contributed by atoms with Crippen molar-refractivity contribution in [1.82, 2.24) is 9.80 Å². The monoisotopic (exact) mass is 358 g/mol. The van der Waals surface area contributed by atoms with Crippen LogP contribution in [0.5, 0.6) is 0 Å². The van der Waals surface area contributed by atoms with Crippen molar-refractivity contribution >= 4 is 15.9 Å². The van der Waals surface area contributed by atoms with Crippen LogP contribution < -0.4 is 0 Å². The molecule has 21 heavy (non-hydrogen) atoms. The van der Waals surface area contributed by atoms with Crippen LogP contribution in [-0.2, 0) is 0 Å². The highest BCUT2D eigenvalue weighted by molar-refractivity contribution is 9.09. The molecule has 0 saturated carbocycles. The molecule has 2 fully saturated rings. The predicted molar refractivity (Wildman–Crippen MR) is 96.3 cm³/mol. The Kier molecular flexibility index (Phi) is 7.51. The molecule has 124 valence electrons. The third-order valence-corrected chi connectivity index (χ3v) is 6.75. The van der Waals surface area contributed by atoms with Crippen molar-refractivity contribution in [2.45, 2.75) is 71.3 Å². The second-order valence-corrected chi connectivity index (χ2v) is 7.97. The van der Waals surface area contributed by atoms with Gasteiger partial charge in [-0.25, -0.2) is 0 Å². The molecule has 0 aromatic rings. The molecule has 1 unspecified atom stereocenters. The molecule has 2 heterocycles. The molecule has 0 amide bonds. The Morgan fingerprint density at radius 2 is 1.67 bits per heavy atom. The maximum absolute atomic E-state index is 3.84. The lowest BCUT2D eigenvalue weighted by Gasteiger charge is -2.37. The zero-order valence-corrected chi connectivity index (χ0v) is 15.8. The zero-order valence-electron chi connectivity index (χ0n) is 14.2. The number of likely N-dealkylation sites (tertiary alicyclic amines) is 2. The second kappa shape index (κ2) is 8.88. The van der Waals surface area contributed by atoms with Gasteiger partial charge in [0.25, 0.3) is 0 Å². The molecule has 0 bridgehead atoms. The Hall–Kier alpha value is 0.400. The van der Waals surface area contributed by atoms with Gasteiger partial charge in [-0.05, 0) is 57.2 Å². The van der Waals surface area contributed by atoms with Gasteiger partial charge in [0.05, 0.1) is 0 Å². The number of rotatable bonds is 8. The Bertz CT molecular complexity index is 283. The van der Waals surface area contributed by atoms with E-state index < -0.39 is 0 Å². The minimum absolute atomic E-state index is 0.514. The van der Waals surface area contributed by atoms with E-state index in [1.807, 2.05) is 0 Å². The van der Waals surface area contributed by atoms with E-state index in [4.69, 9.17) is 0 Å². The van der Waals surface area contributed by atoms with E-state index in [0.29, 0.717) is 5.41 Å². The van der Waals surface area contributed by atoms with Crippen molar-refractivity contribution in [2.75, 3.05) is 38.1 Å². The fourth-order valence-electron chi connectivity index (χ4n) is 4.53. The average Bonchev–Trinajstić information content (AvgIpc) is 2.97. The minimum Gasteiger partial charge on any atom is -0.301 e. The lowest BCUT2D eigenvalue weighted by atomic mass is 9.81. The van der Waals surface area contributed by atoms with Gasteiger partial charge in [-0.2, -0.15) is 0 Å². The molecule has 0 aliphatic carbocycles. The normalized spacial score (nSPS) is 25.6. The smallest absolute Gasteiger partial charge is 0.0235 e. The predicted octanol–water partition coefficient (Wildman–Crippen LogP) is 4.53. The Balaban J connectivity index is 1.86. The summed E-state index contributed by atoms with van der Waals surface area (Å²) in [7, 11) is 0. The molecule has 2 saturated heterocycles. The van der Waals surface area contributed by atoms with Crippen LogP contribution >= 0.6 is 15.9 Å². The van der Waals surface area contributed by atoms with Gasteiger partial charge in [0.15, 0.2) is 0 Å². The number of hydrogen-bond acceptors (Lipinski definition) is 2. The maximum Gasteiger partial charge on any atom is 0.0235 e. The van der Waals surface area contributed by atoms with Crippen LogP contribution in [0, 0.1) is 5.41 Å². The summed E-state index contributed by atoms with van der Waals surface area (Å²) in [5.41, 5.74) is 0.514. The third kappa shape index (κ3) is 4.94. The van der Waals surface area contributed by atoms with E-state index in [1.165, 1.54) is 89.4 Å². The summed E-state index contributed by atoms with van der Waals surface area (Å²) in [5, 5.41) is 1.17. The Morgan fingerprint density at radius 1 is 1.00 bits per heavy atom. The van der Waals surface area contributed by atoms with Gasteiger partial charge in [-0.3, -0.25) is 4.90 Å². The zero-order chi connectivity index (χ0) is 15.1. The van der Waals surface area contributed by atoms with Crippen LogP contribution in [0.2, 0.25) is 0 Å². The topological polar surface area (TPSA) is 6.48 Å². The van der Waals surface area contributed by atoms with Crippen LogP contribution in [0.1, 0.15) is 65.2 Å². The van der Waals surface area contributed by atoms with E-state index in [2.05, 4.69) is 39.6 Å². The van der Waals surface area contributed by atoms with Crippen molar-refractivity contribution in [2.24, 2.45) is 5.41 Å². The molecule has 2 aliphatic rings. The largest absolute Gasteiger partial charge is 0.301 e. The lowest BCUT2D eigenvalue weighted by Crippen LogP contribution is -2.43. The molecule has 0 N–H and O–H groups in total. The van der Waals surface area contributed by atoms with E-state index >= 15 is 0 Å². The Labute approximate surface area is 140 Å². The summed E-state index contributed by atoms with van der Waals surface area (Å²) in [5.74, 6) is 0. The summed E-state index contributed by atoms with van der Waals surface area (Å²) < 4.78 is 0. The van der Waals surface area contributed by atoms with Crippen LogP contribution in [0.4, 0.5) is 0 Å². The first-order chi connectivity index (χ1) is 10.2. The molecule has 2 nitrogen and oxygen atoms in total. The van der Waals surface area contributed by atoms with Gasteiger partial charge in [-0.15, -0.1) is 0 Å². The van der Waals surface area contributed by atoms with Crippen molar-refractivity contribution in [3.05, 3.63) is 0 Å². The number of alkyl halides is 1. The van der Waals surface area contributed by atoms with Crippen LogP contribution in [0.25, 0.3) is 0 Å². The minimum atomic E-state index is 0.514. The fourth-order valence-corrected chi connectivity index (χ4v) is 5.27. The molecule has 2 aliphatic heterocycles. The highest BCUT2D eigenvalue weighted by Gasteiger charge is 2.34. The van der Waals surface area contributed by atoms with Crippen molar-refractivity contribution in [3.63, 3.8) is 0 Å². The third-order valence-electron chi connectivity index (χ3n) is 5.56. The first-order valence-corrected chi connectivity index (χ1v) is 10.4. The maximum atomic E-state index is 3.84. The van der Waals surface area contributed by atoms with Crippen molar-refractivity contribution in [3.8, 4) is 0 Å². The first-order valence-electron chi connectivity index (χ1n) is 9.25. The van der Waals surface area contributed by atoms with Crippen molar-refractivity contribution in [1.29, 1.82) is 0 Å². The molecule has 0 radical (unpaired) electrons. The van der Waals surface area contributed by atoms with Gasteiger partial charge >= 0.3 is 0 Å². The van der Waals surface area contributed by atoms with Gasteiger partial charge in [-0.1, -0.05) is 49.0 Å². The lowest BCUT2D eigenvalue weighted by molar-refractivity contribution is 0.137. The van der Waals surface area contributed by atoms with Gasteiger partial charge < -0.3 is 4.90 Å². The van der Waals surface area contributed by atoms with Crippen LogP contribution in [-0.4, -0.2) is 53.9 Å². The summed E-state index contributed by atoms with van der Waals surface area (Å²) >= 11 is 3.84. The SMILES string of the molecule is CCCC(CBr)(CCC)CN1CCC(N2CCCCC2)C1. The second-order valence-electron chi connectivity index (χ2n) is 7.41. The van der Waals surface area contributed by atoms with Gasteiger partial charge in [0, 0.05) is 24.5 Å². The highest BCUT2D eigenvalue weighted by atomic mass is 79.9. The van der Waals surface area contributed by atoms with Crippen LogP contribution in [0.15, 0.2) is 0 Å². The first kappa shape index (κ1) is 17.7. The molecule has 2 rings (SSSR count). The van der Waals surface area contributed by atoms with Gasteiger partial charge in [0.2, 0.25) is 0 Å².